The lowest BCUT2D eigenvalue weighted by Gasteiger charge is -2.25. The van der Waals surface area contributed by atoms with E-state index in [1.807, 2.05) is 4.90 Å². The summed E-state index contributed by atoms with van der Waals surface area (Å²) in [4.78, 5) is 27.8. The largest absolute Gasteiger partial charge is 0.340 e. The smallest absolute Gasteiger partial charge is 0.298 e. The first-order valence-corrected chi connectivity index (χ1v) is 12.8. The third-order valence-electron chi connectivity index (χ3n) is 6.30. The minimum Gasteiger partial charge on any atom is -0.340 e. The predicted octanol–water partition coefficient (Wildman–Crippen LogP) is 4.99. The lowest BCUT2D eigenvalue weighted by Crippen LogP contribution is -2.34. The average molecular weight is 498 g/mol. The van der Waals surface area contributed by atoms with E-state index in [4.69, 9.17) is 11.6 Å². The molecule has 176 valence electrons. The summed E-state index contributed by atoms with van der Waals surface area (Å²) in [6.07, 6.45) is 6.79. The van der Waals surface area contributed by atoms with Gasteiger partial charge in [-0.25, -0.2) is 14.4 Å². The Hall–Kier alpha value is -2.73. The van der Waals surface area contributed by atoms with Crippen molar-refractivity contribution < 1.29 is 9.18 Å². The van der Waals surface area contributed by atoms with E-state index in [-0.39, 0.29) is 10.9 Å². The number of nitrogens with zero attached hydrogens (tertiary/aromatic N) is 4. The maximum atomic E-state index is 13.5. The van der Waals surface area contributed by atoms with Gasteiger partial charge in [0.15, 0.2) is 0 Å². The monoisotopic (exact) mass is 497 g/mol. The molecular weight excluding hydrogens is 473 g/mol. The molecule has 1 amide bonds. The van der Waals surface area contributed by atoms with Crippen LogP contribution >= 0.6 is 22.9 Å². The Morgan fingerprint density at radius 3 is 2.88 bits per heavy atom. The van der Waals surface area contributed by atoms with Crippen LogP contribution in [0.3, 0.4) is 0 Å². The van der Waals surface area contributed by atoms with E-state index in [9.17, 15) is 9.18 Å². The van der Waals surface area contributed by atoms with Crippen LogP contribution < -0.4 is 5.32 Å². The molecule has 0 bridgehead atoms. The quantitative estimate of drug-likeness (QED) is 0.514. The van der Waals surface area contributed by atoms with Crippen LogP contribution in [0.25, 0.3) is 10.2 Å². The van der Waals surface area contributed by atoms with Crippen molar-refractivity contribution in [2.75, 3.05) is 31.5 Å². The molecule has 0 atom stereocenters. The van der Waals surface area contributed by atoms with Crippen molar-refractivity contribution in [1.82, 2.24) is 19.8 Å². The van der Waals surface area contributed by atoms with Crippen LogP contribution in [0.15, 0.2) is 24.5 Å². The molecule has 0 saturated carbocycles. The standard InChI is InChI=1S/C25H25ClFN5OS/c26-19-14-17(7-8-20(19)27)30-24-23-18-9-13-32(15-21(18)34-25(23)29-16-28-24)22(33)6-2-5-12-31-10-3-1-4-11-31/h7-8,14,16H,1,3-5,9-13,15H2,(H,28,29,30). The third-order valence-corrected chi connectivity index (χ3v) is 7.72. The van der Waals surface area contributed by atoms with E-state index in [1.54, 1.807) is 17.4 Å². The van der Waals surface area contributed by atoms with Crippen LogP contribution in [0.4, 0.5) is 15.9 Å². The molecule has 2 aliphatic heterocycles. The molecule has 0 spiro atoms. The predicted molar refractivity (Wildman–Crippen MR) is 134 cm³/mol. The van der Waals surface area contributed by atoms with E-state index in [1.165, 1.54) is 37.7 Å². The molecule has 1 saturated heterocycles. The van der Waals surface area contributed by atoms with Crippen LogP contribution in [0.2, 0.25) is 5.02 Å². The Kier molecular flexibility index (Phi) is 6.95. The lowest BCUT2D eigenvalue weighted by atomic mass is 10.0. The minimum absolute atomic E-state index is 0.0499. The van der Waals surface area contributed by atoms with Gasteiger partial charge in [0, 0.05) is 30.1 Å². The number of benzene rings is 1. The number of hydrogen-bond acceptors (Lipinski definition) is 6. The number of carbonyl (C=O) groups excluding carboxylic acids is 1. The Morgan fingerprint density at radius 2 is 2.06 bits per heavy atom. The van der Waals surface area contributed by atoms with E-state index in [0.717, 1.165) is 46.7 Å². The summed E-state index contributed by atoms with van der Waals surface area (Å²) in [5.74, 6) is 5.99. The second kappa shape index (κ2) is 10.3. The molecule has 6 nitrogen and oxygen atoms in total. The first-order chi connectivity index (χ1) is 16.6. The second-order valence-electron chi connectivity index (χ2n) is 8.59. The average Bonchev–Trinajstić information content (AvgIpc) is 3.23. The molecule has 0 aliphatic carbocycles. The third kappa shape index (κ3) is 5.02. The summed E-state index contributed by atoms with van der Waals surface area (Å²) in [6, 6.07) is 4.48. The van der Waals surface area contributed by atoms with Crippen molar-refractivity contribution in [2.45, 2.75) is 38.6 Å². The first-order valence-electron chi connectivity index (χ1n) is 11.6. The summed E-state index contributed by atoms with van der Waals surface area (Å²) in [6.45, 7) is 4.36. The molecule has 2 aromatic heterocycles. The zero-order valence-corrected chi connectivity index (χ0v) is 20.3. The number of halogens is 2. The van der Waals surface area contributed by atoms with E-state index >= 15 is 0 Å². The fraction of sp³-hybridized carbons (Fsp3) is 0.400. The number of amides is 1. The van der Waals surface area contributed by atoms with Gasteiger partial charge in [-0.1, -0.05) is 23.9 Å². The highest BCUT2D eigenvalue weighted by Gasteiger charge is 2.26. The molecule has 0 unspecified atom stereocenters. The highest BCUT2D eigenvalue weighted by atomic mass is 35.5. The number of anilines is 2. The molecule has 9 heteroatoms. The van der Waals surface area contributed by atoms with Crippen LogP contribution in [-0.4, -0.2) is 51.9 Å². The van der Waals surface area contributed by atoms with Crippen LogP contribution in [0, 0.1) is 17.7 Å². The van der Waals surface area contributed by atoms with Crippen molar-refractivity contribution in [3.8, 4) is 11.8 Å². The van der Waals surface area contributed by atoms with Crippen LogP contribution in [0.1, 0.15) is 36.1 Å². The second-order valence-corrected chi connectivity index (χ2v) is 10.1. The highest BCUT2D eigenvalue weighted by molar-refractivity contribution is 7.19. The zero-order chi connectivity index (χ0) is 23.5. The van der Waals surface area contributed by atoms with Crippen molar-refractivity contribution in [3.05, 3.63) is 45.8 Å². The molecule has 4 heterocycles. The van der Waals surface area contributed by atoms with Gasteiger partial charge in [-0.15, -0.1) is 11.3 Å². The van der Waals surface area contributed by atoms with Gasteiger partial charge in [-0.2, -0.15) is 0 Å². The summed E-state index contributed by atoms with van der Waals surface area (Å²) < 4.78 is 13.5. The molecule has 1 fully saturated rings. The van der Waals surface area contributed by atoms with E-state index in [0.29, 0.717) is 31.0 Å². The molecule has 1 aromatic carbocycles. The van der Waals surface area contributed by atoms with Gasteiger partial charge in [0.05, 0.1) is 17.0 Å². The fourth-order valence-corrected chi connectivity index (χ4v) is 5.90. The topological polar surface area (TPSA) is 61.4 Å². The molecule has 2 aliphatic rings. The molecule has 5 rings (SSSR count). The zero-order valence-electron chi connectivity index (χ0n) is 18.7. The van der Waals surface area contributed by atoms with Crippen molar-refractivity contribution in [2.24, 2.45) is 0 Å². The normalized spacial score (nSPS) is 16.1. The van der Waals surface area contributed by atoms with Crippen molar-refractivity contribution in [3.63, 3.8) is 0 Å². The summed E-state index contributed by atoms with van der Waals surface area (Å²) >= 11 is 7.50. The SMILES string of the molecule is O=C(C#CCCN1CCCCC1)N1CCc2c(sc3ncnc(Nc4ccc(F)c(Cl)c4)c23)C1. The van der Waals surface area contributed by atoms with Gasteiger partial charge in [-0.05, 0) is 62.0 Å². The maximum absolute atomic E-state index is 13.5. The van der Waals surface area contributed by atoms with Gasteiger partial charge in [0.1, 0.15) is 22.8 Å². The van der Waals surface area contributed by atoms with Gasteiger partial charge >= 0.3 is 0 Å². The number of thiophene rings is 1. The fourth-order valence-electron chi connectivity index (χ4n) is 4.52. The van der Waals surface area contributed by atoms with Crippen molar-refractivity contribution in [1.29, 1.82) is 0 Å². The molecular formula is C25H25ClFN5OS. The highest BCUT2D eigenvalue weighted by Crippen LogP contribution is 2.38. The first kappa shape index (κ1) is 23.0. The number of aromatic nitrogens is 2. The van der Waals surface area contributed by atoms with E-state index < -0.39 is 5.82 Å². The number of carbonyl (C=O) groups is 1. The van der Waals surface area contributed by atoms with Crippen LogP contribution in [0.5, 0.6) is 0 Å². The number of piperidine rings is 1. The number of nitrogens with one attached hydrogen (secondary N) is 1. The Labute approximate surface area is 207 Å². The number of fused-ring (bicyclic) bond motifs is 3. The number of rotatable bonds is 4. The molecule has 3 aromatic rings. The minimum atomic E-state index is -0.465. The number of hydrogen-bond donors (Lipinski definition) is 1. The maximum Gasteiger partial charge on any atom is 0.298 e. The Balaban J connectivity index is 1.28. The van der Waals surface area contributed by atoms with Gasteiger partial charge in [0.2, 0.25) is 0 Å². The molecule has 34 heavy (non-hydrogen) atoms. The lowest BCUT2D eigenvalue weighted by molar-refractivity contribution is -0.125. The molecule has 0 radical (unpaired) electrons. The van der Waals surface area contributed by atoms with E-state index in [2.05, 4.69) is 32.0 Å². The van der Waals surface area contributed by atoms with Gasteiger partial charge in [-0.3, -0.25) is 4.79 Å². The Bertz CT molecular complexity index is 1280. The van der Waals surface area contributed by atoms with Gasteiger partial charge in [0.25, 0.3) is 5.91 Å². The van der Waals surface area contributed by atoms with Crippen LogP contribution in [-0.2, 0) is 17.8 Å². The summed E-state index contributed by atoms with van der Waals surface area (Å²) in [7, 11) is 0. The summed E-state index contributed by atoms with van der Waals surface area (Å²) in [5.41, 5.74) is 1.80. The molecule has 1 N–H and O–H groups in total. The Morgan fingerprint density at radius 1 is 1.21 bits per heavy atom. The number of likely N-dealkylation sites (tertiary alicyclic amines) is 1. The van der Waals surface area contributed by atoms with Crippen molar-refractivity contribution >= 4 is 50.6 Å². The summed E-state index contributed by atoms with van der Waals surface area (Å²) in [5, 5.41) is 4.24. The van der Waals surface area contributed by atoms with Gasteiger partial charge < -0.3 is 15.1 Å².